The van der Waals surface area contributed by atoms with Gasteiger partial charge in [0.15, 0.2) is 6.29 Å². The van der Waals surface area contributed by atoms with Gasteiger partial charge in [0.1, 0.15) is 6.10 Å². The summed E-state index contributed by atoms with van der Waals surface area (Å²) in [6, 6.07) is -0.659. The minimum absolute atomic E-state index is 0.410. The summed E-state index contributed by atoms with van der Waals surface area (Å²) >= 11 is 0. The first kappa shape index (κ1) is 15.2. The van der Waals surface area contributed by atoms with Crippen LogP contribution in [-0.4, -0.2) is 49.5 Å². The number of hydrogen-bond acceptors (Lipinski definition) is 5. The van der Waals surface area contributed by atoms with Crippen LogP contribution in [0.2, 0.25) is 0 Å². The van der Waals surface area contributed by atoms with Crippen LogP contribution in [0.15, 0.2) is 5.11 Å². The van der Waals surface area contributed by atoms with Crippen LogP contribution < -0.4 is 0 Å². The standard InChI is InChI=1S/C11H21N3O4/c1-4-5-6-17-10-9(15)8(13-14-12)7(2)18-11(10)16-3/h7-11,15H,4-6H2,1-3H3/t7?,8-,9?,10-,11+/m1/s1. The molecule has 0 saturated carbocycles. The van der Waals surface area contributed by atoms with Crippen molar-refractivity contribution in [2.45, 2.75) is 57.3 Å². The summed E-state index contributed by atoms with van der Waals surface area (Å²) in [5.41, 5.74) is 8.50. The number of rotatable bonds is 6. The highest BCUT2D eigenvalue weighted by atomic mass is 16.7. The van der Waals surface area contributed by atoms with E-state index in [4.69, 9.17) is 19.7 Å². The van der Waals surface area contributed by atoms with Crippen molar-refractivity contribution in [1.82, 2.24) is 0 Å². The molecule has 1 N–H and O–H groups in total. The molecule has 18 heavy (non-hydrogen) atoms. The minimum Gasteiger partial charge on any atom is -0.390 e. The van der Waals surface area contributed by atoms with E-state index in [0.717, 1.165) is 12.8 Å². The summed E-state index contributed by atoms with van der Waals surface area (Å²) in [6.45, 7) is 4.30. The monoisotopic (exact) mass is 259 g/mol. The van der Waals surface area contributed by atoms with E-state index in [-0.39, 0.29) is 0 Å². The average Bonchev–Trinajstić information content (AvgIpc) is 2.36. The minimum atomic E-state index is -0.925. The maximum Gasteiger partial charge on any atom is 0.186 e. The lowest BCUT2D eigenvalue weighted by atomic mass is 9.97. The summed E-state index contributed by atoms with van der Waals surface area (Å²) in [4.78, 5) is 2.73. The van der Waals surface area contributed by atoms with E-state index in [0.29, 0.717) is 6.61 Å². The van der Waals surface area contributed by atoms with Crippen LogP contribution in [-0.2, 0) is 14.2 Å². The van der Waals surface area contributed by atoms with Crippen molar-refractivity contribution in [2.75, 3.05) is 13.7 Å². The van der Waals surface area contributed by atoms with Crippen LogP contribution >= 0.6 is 0 Å². The van der Waals surface area contributed by atoms with Gasteiger partial charge in [0.2, 0.25) is 0 Å². The van der Waals surface area contributed by atoms with Gasteiger partial charge in [-0.1, -0.05) is 18.5 Å². The lowest BCUT2D eigenvalue weighted by Crippen LogP contribution is -2.57. The molecule has 0 aromatic heterocycles. The Labute approximate surface area is 107 Å². The molecule has 0 amide bonds. The van der Waals surface area contributed by atoms with Crippen molar-refractivity contribution in [3.05, 3.63) is 10.4 Å². The molecule has 0 aromatic rings. The Balaban J connectivity index is 2.72. The van der Waals surface area contributed by atoms with Gasteiger partial charge in [-0.2, -0.15) is 0 Å². The molecule has 1 heterocycles. The van der Waals surface area contributed by atoms with E-state index in [1.807, 2.05) is 0 Å². The second-order valence-corrected chi connectivity index (χ2v) is 4.32. The molecule has 5 atom stereocenters. The van der Waals surface area contributed by atoms with Crippen molar-refractivity contribution in [2.24, 2.45) is 5.11 Å². The Morgan fingerprint density at radius 3 is 2.78 bits per heavy atom. The summed E-state index contributed by atoms with van der Waals surface area (Å²) in [6.07, 6.45) is -0.720. The third-order valence-electron chi connectivity index (χ3n) is 3.01. The van der Waals surface area contributed by atoms with Crippen LogP contribution in [0.3, 0.4) is 0 Å². The fourth-order valence-electron chi connectivity index (χ4n) is 1.95. The summed E-state index contributed by atoms with van der Waals surface area (Å²) in [5.74, 6) is 0. The van der Waals surface area contributed by atoms with E-state index in [1.54, 1.807) is 6.92 Å². The highest BCUT2D eigenvalue weighted by molar-refractivity contribution is 4.93. The van der Waals surface area contributed by atoms with Crippen molar-refractivity contribution in [3.63, 3.8) is 0 Å². The van der Waals surface area contributed by atoms with Crippen LogP contribution in [0, 0.1) is 0 Å². The van der Waals surface area contributed by atoms with Gasteiger partial charge in [-0.25, -0.2) is 0 Å². The molecule has 0 spiro atoms. The molecule has 0 aliphatic carbocycles. The number of aliphatic hydroxyl groups excluding tert-OH is 1. The number of hydrogen-bond donors (Lipinski definition) is 1. The van der Waals surface area contributed by atoms with Gasteiger partial charge in [-0.05, 0) is 18.9 Å². The van der Waals surface area contributed by atoms with Gasteiger partial charge in [-0.15, -0.1) is 0 Å². The highest BCUT2D eigenvalue weighted by Gasteiger charge is 2.44. The molecular weight excluding hydrogens is 238 g/mol. The van der Waals surface area contributed by atoms with Crippen molar-refractivity contribution < 1.29 is 19.3 Å². The number of azide groups is 1. The van der Waals surface area contributed by atoms with Crippen LogP contribution in [0.4, 0.5) is 0 Å². The fourth-order valence-corrected chi connectivity index (χ4v) is 1.95. The van der Waals surface area contributed by atoms with Crippen LogP contribution in [0.5, 0.6) is 0 Å². The second-order valence-electron chi connectivity index (χ2n) is 4.32. The first-order chi connectivity index (χ1) is 8.65. The maximum absolute atomic E-state index is 10.2. The molecule has 1 fully saturated rings. The lowest BCUT2D eigenvalue weighted by Gasteiger charge is -2.41. The van der Waals surface area contributed by atoms with Gasteiger partial charge < -0.3 is 19.3 Å². The first-order valence-corrected chi connectivity index (χ1v) is 6.17. The van der Waals surface area contributed by atoms with Gasteiger partial charge in [0.25, 0.3) is 0 Å². The van der Waals surface area contributed by atoms with Crippen LogP contribution in [0.1, 0.15) is 26.7 Å². The molecular formula is C11H21N3O4. The zero-order valence-electron chi connectivity index (χ0n) is 11.0. The topological polar surface area (TPSA) is 96.7 Å². The molecule has 104 valence electrons. The predicted octanol–water partition coefficient (Wildman–Crippen LogP) is 1.60. The normalized spacial score (nSPS) is 36.1. The number of methoxy groups -OCH3 is 1. The Hall–Kier alpha value is -0.850. The van der Waals surface area contributed by atoms with E-state index in [1.165, 1.54) is 7.11 Å². The fraction of sp³-hybridized carbons (Fsp3) is 1.00. The summed E-state index contributed by atoms with van der Waals surface area (Å²) in [5, 5.41) is 13.7. The molecule has 1 aliphatic rings. The van der Waals surface area contributed by atoms with Crippen molar-refractivity contribution >= 4 is 0 Å². The zero-order chi connectivity index (χ0) is 13.5. The smallest absolute Gasteiger partial charge is 0.186 e. The molecule has 7 heteroatoms. The zero-order valence-corrected chi connectivity index (χ0v) is 11.0. The van der Waals surface area contributed by atoms with E-state index >= 15 is 0 Å². The SMILES string of the molecule is CCCCO[C@@H]1C(O)[C@H](N=[N+]=[N-])C(C)O[C@@H]1OC. The molecule has 1 saturated heterocycles. The Kier molecular flexibility index (Phi) is 6.38. The van der Waals surface area contributed by atoms with E-state index < -0.39 is 30.6 Å². The van der Waals surface area contributed by atoms with Gasteiger partial charge in [0.05, 0.1) is 18.2 Å². The lowest BCUT2D eigenvalue weighted by molar-refractivity contribution is -0.271. The number of nitrogens with zero attached hydrogens (tertiary/aromatic N) is 3. The van der Waals surface area contributed by atoms with Crippen molar-refractivity contribution in [3.8, 4) is 0 Å². The molecule has 0 aromatic carbocycles. The van der Waals surface area contributed by atoms with Crippen LogP contribution in [0.25, 0.3) is 10.4 Å². The maximum atomic E-state index is 10.2. The number of aliphatic hydroxyl groups is 1. The predicted molar refractivity (Wildman–Crippen MR) is 64.9 cm³/mol. The Bertz CT molecular complexity index is 296. The average molecular weight is 259 g/mol. The largest absolute Gasteiger partial charge is 0.390 e. The third kappa shape index (κ3) is 3.57. The summed E-state index contributed by atoms with van der Waals surface area (Å²) in [7, 11) is 1.49. The first-order valence-electron chi connectivity index (χ1n) is 6.17. The van der Waals surface area contributed by atoms with Gasteiger partial charge in [0, 0.05) is 18.6 Å². The van der Waals surface area contributed by atoms with E-state index in [9.17, 15) is 5.11 Å². The molecule has 2 unspecified atom stereocenters. The number of ether oxygens (including phenoxy) is 3. The van der Waals surface area contributed by atoms with Gasteiger partial charge >= 0.3 is 0 Å². The molecule has 1 rings (SSSR count). The molecule has 0 bridgehead atoms. The van der Waals surface area contributed by atoms with E-state index in [2.05, 4.69) is 16.9 Å². The third-order valence-corrected chi connectivity index (χ3v) is 3.01. The highest BCUT2D eigenvalue weighted by Crippen LogP contribution is 2.26. The Morgan fingerprint density at radius 2 is 2.22 bits per heavy atom. The van der Waals surface area contributed by atoms with Gasteiger partial charge in [-0.3, -0.25) is 0 Å². The summed E-state index contributed by atoms with van der Waals surface area (Å²) < 4.78 is 16.3. The molecule has 7 nitrogen and oxygen atoms in total. The van der Waals surface area contributed by atoms with Crippen molar-refractivity contribution in [1.29, 1.82) is 0 Å². The molecule has 0 radical (unpaired) electrons. The number of unbranched alkanes of at least 4 members (excludes halogenated alkanes) is 1. The Morgan fingerprint density at radius 1 is 1.50 bits per heavy atom. The molecule has 1 aliphatic heterocycles. The second kappa shape index (κ2) is 7.56. The quantitative estimate of drug-likeness (QED) is 0.339.